The minimum absolute atomic E-state index is 0.00926. The molecule has 3 heteroatoms. The fourth-order valence-corrected chi connectivity index (χ4v) is 0.789. The summed E-state index contributed by atoms with van der Waals surface area (Å²) in [5.41, 5.74) is 0.426. The Balaban J connectivity index is 2.79. The molecule has 0 aromatic carbocycles. The zero-order chi connectivity index (χ0) is 6.15. The van der Waals surface area contributed by atoms with Gasteiger partial charge in [0.1, 0.15) is 0 Å². The van der Waals surface area contributed by atoms with Gasteiger partial charge >= 0.3 is 0 Å². The van der Waals surface area contributed by atoms with Crippen LogP contribution in [0.4, 0.5) is 0 Å². The number of rotatable bonds is 0. The molecule has 1 aliphatic rings. The zero-order valence-electron chi connectivity index (χ0n) is 4.23. The van der Waals surface area contributed by atoms with E-state index in [1.54, 1.807) is 0 Å². The second-order valence-electron chi connectivity index (χ2n) is 1.63. The van der Waals surface area contributed by atoms with E-state index in [0.29, 0.717) is 17.1 Å². The van der Waals surface area contributed by atoms with Crippen molar-refractivity contribution in [1.29, 1.82) is 0 Å². The summed E-state index contributed by atoms with van der Waals surface area (Å²) in [5.74, 6) is 0.00926. The van der Waals surface area contributed by atoms with Gasteiger partial charge in [0.05, 0.1) is 17.1 Å². The van der Waals surface area contributed by atoms with Crippen LogP contribution >= 0.6 is 12.2 Å². The molecule has 1 N–H and O–H groups in total. The lowest BCUT2D eigenvalue weighted by Gasteiger charge is -1.87. The molecule has 2 nitrogen and oxygen atoms in total. The summed E-state index contributed by atoms with van der Waals surface area (Å²) in [6, 6.07) is 0. The summed E-state index contributed by atoms with van der Waals surface area (Å²) in [4.78, 5) is 11.1. The van der Waals surface area contributed by atoms with Gasteiger partial charge in [0.25, 0.3) is 0 Å². The van der Waals surface area contributed by atoms with Gasteiger partial charge in [0, 0.05) is 0 Å². The molecule has 0 aromatic heterocycles. The maximum Gasteiger partial charge on any atom is 0.185 e. The average molecular weight is 127 g/mol. The maximum atomic E-state index is 10.5. The summed E-state index contributed by atoms with van der Waals surface area (Å²) >= 11 is 4.68. The number of thiocarbonyl (C=S) groups is 1. The molecule has 1 saturated heterocycles. The van der Waals surface area contributed by atoms with Crippen LogP contribution in [0, 0.1) is 0 Å². The summed E-state index contributed by atoms with van der Waals surface area (Å²) in [7, 11) is 0. The van der Waals surface area contributed by atoms with Crippen molar-refractivity contribution >= 4 is 23.0 Å². The van der Waals surface area contributed by atoms with Crippen LogP contribution in [-0.2, 0) is 4.79 Å². The molecule has 0 spiro atoms. The second-order valence-corrected chi connectivity index (χ2v) is 2.12. The van der Waals surface area contributed by atoms with Gasteiger partial charge in [0.15, 0.2) is 5.78 Å². The fraction of sp³-hybridized carbons (Fsp3) is 0.200. The van der Waals surface area contributed by atoms with E-state index in [0.717, 1.165) is 0 Å². The fourth-order valence-electron chi connectivity index (χ4n) is 0.535. The Labute approximate surface area is 52.6 Å². The molecule has 0 bridgehead atoms. The second kappa shape index (κ2) is 1.67. The normalized spacial score (nSPS) is 19.2. The third-order valence-electron chi connectivity index (χ3n) is 0.948. The Hall–Kier alpha value is -0.700. The van der Waals surface area contributed by atoms with Crippen molar-refractivity contribution in [1.82, 2.24) is 5.32 Å². The van der Waals surface area contributed by atoms with E-state index in [-0.39, 0.29) is 5.78 Å². The summed E-state index contributed by atoms with van der Waals surface area (Å²) in [6.07, 6.45) is 0.341. The van der Waals surface area contributed by atoms with E-state index < -0.39 is 0 Å². The average Bonchev–Trinajstić information content (AvgIpc) is 1.85. The van der Waals surface area contributed by atoms with Gasteiger partial charge in [-0.05, 0) is 0 Å². The van der Waals surface area contributed by atoms with Gasteiger partial charge < -0.3 is 5.32 Å². The molecule has 1 fully saturated rings. The lowest BCUT2D eigenvalue weighted by molar-refractivity contribution is -0.114. The van der Waals surface area contributed by atoms with Crippen molar-refractivity contribution in [2.24, 2.45) is 0 Å². The maximum absolute atomic E-state index is 10.5. The number of nitrogens with one attached hydrogen (secondary N) is 1. The van der Waals surface area contributed by atoms with E-state index in [1.807, 2.05) is 0 Å². The molecule has 0 amide bonds. The van der Waals surface area contributed by atoms with Crippen LogP contribution in [0.2, 0.25) is 0 Å². The first-order chi connectivity index (χ1) is 3.70. The van der Waals surface area contributed by atoms with Crippen LogP contribution in [0.3, 0.4) is 0 Å². The lowest BCUT2D eigenvalue weighted by atomic mass is 10.3. The number of carbonyl (C=O) groups excluding carboxylic acids is 1. The zero-order valence-corrected chi connectivity index (χ0v) is 5.05. The molecule has 0 aliphatic carbocycles. The third-order valence-corrected chi connectivity index (χ3v) is 1.19. The molecular formula is C5H5NOS. The Morgan fingerprint density at radius 1 is 1.75 bits per heavy atom. The summed E-state index contributed by atoms with van der Waals surface area (Å²) in [6.45, 7) is 3.44. The van der Waals surface area contributed by atoms with Crippen molar-refractivity contribution in [3.05, 3.63) is 12.3 Å². The van der Waals surface area contributed by atoms with E-state index in [1.165, 1.54) is 0 Å². The van der Waals surface area contributed by atoms with E-state index in [2.05, 4.69) is 24.1 Å². The minimum atomic E-state index is 0.00926. The predicted octanol–water partition coefficient (Wildman–Crippen LogP) is 0.390. The van der Waals surface area contributed by atoms with Gasteiger partial charge in [-0.15, -0.1) is 0 Å². The Bertz CT molecular complexity index is 155. The lowest BCUT2D eigenvalue weighted by Crippen LogP contribution is -2.08. The van der Waals surface area contributed by atoms with E-state index in [9.17, 15) is 4.79 Å². The minimum Gasteiger partial charge on any atom is -0.347 e. The first kappa shape index (κ1) is 5.44. The number of Topliss-reactive ketones (excluding diaryl/α,β-unsaturated/α-hetero) is 1. The van der Waals surface area contributed by atoms with E-state index in [4.69, 9.17) is 0 Å². The van der Waals surface area contributed by atoms with Crippen LogP contribution in [-0.4, -0.2) is 10.8 Å². The highest BCUT2D eigenvalue weighted by molar-refractivity contribution is 7.80. The molecule has 1 rings (SSSR count). The van der Waals surface area contributed by atoms with Gasteiger partial charge in [-0.2, -0.15) is 0 Å². The largest absolute Gasteiger partial charge is 0.347 e. The molecule has 1 heterocycles. The Morgan fingerprint density at radius 2 is 2.38 bits per heavy atom. The molecule has 0 saturated carbocycles. The number of carbonyl (C=O) groups is 1. The smallest absolute Gasteiger partial charge is 0.185 e. The number of allylic oxidation sites excluding steroid dienone is 1. The molecule has 0 aromatic rings. The van der Waals surface area contributed by atoms with E-state index >= 15 is 0 Å². The van der Waals surface area contributed by atoms with Crippen LogP contribution in [0.5, 0.6) is 0 Å². The van der Waals surface area contributed by atoms with Crippen LogP contribution in [0.1, 0.15) is 6.42 Å². The van der Waals surface area contributed by atoms with Crippen molar-refractivity contribution in [3.8, 4) is 0 Å². The third kappa shape index (κ3) is 0.767. The SMILES string of the molecule is C=C1NC(=S)CC1=O. The quantitative estimate of drug-likeness (QED) is 0.377. The van der Waals surface area contributed by atoms with Crippen LogP contribution in [0.15, 0.2) is 12.3 Å². The summed E-state index contributed by atoms with van der Waals surface area (Å²) in [5, 5.41) is 2.65. The first-order valence-corrected chi connectivity index (χ1v) is 2.63. The summed E-state index contributed by atoms with van der Waals surface area (Å²) < 4.78 is 0. The van der Waals surface area contributed by atoms with Crippen LogP contribution < -0.4 is 5.32 Å². The molecule has 0 unspecified atom stereocenters. The van der Waals surface area contributed by atoms with Crippen molar-refractivity contribution in [3.63, 3.8) is 0 Å². The highest BCUT2D eigenvalue weighted by Crippen LogP contribution is 2.03. The molecule has 8 heavy (non-hydrogen) atoms. The topological polar surface area (TPSA) is 29.1 Å². The number of hydrogen-bond donors (Lipinski definition) is 1. The first-order valence-electron chi connectivity index (χ1n) is 2.22. The number of ketones is 1. The van der Waals surface area contributed by atoms with Gasteiger partial charge in [0.2, 0.25) is 0 Å². The molecule has 42 valence electrons. The Kier molecular flexibility index (Phi) is 1.13. The van der Waals surface area contributed by atoms with Crippen LogP contribution in [0.25, 0.3) is 0 Å². The van der Waals surface area contributed by atoms with Gasteiger partial charge in [-0.25, -0.2) is 0 Å². The molecule has 0 atom stereocenters. The molecule has 1 aliphatic heterocycles. The van der Waals surface area contributed by atoms with Crippen molar-refractivity contribution < 1.29 is 4.79 Å². The molecular weight excluding hydrogens is 122 g/mol. The highest BCUT2D eigenvalue weighted by Gasteiger charge is 2.17. The predicted molar refractivity (Wildman–Crippen MR) is 34.5 cm³/mol. The van der Waals surface area contributed by atoms with Gasteiger partial charge in [-0.1, -0.05) is 18.8 Å². The standard InChI is InChI=1S/C5H5NOS/c1-3-4(7)2-5(8)6-3/h1-2H2,(H,6,8). The number of hydrogen-bond acceptors (Lipinski definition) is 2. The van der Waals surface area contributed by atoms with Crippen molar-refractivity contribution in [2.45, 2.75) is 6.42 Å². The Morgan fingerprint density at radius 3 is 2.50 bits per heavy atom. The van der Waals surface area contributed by atoms with Crippen molar-refractivity contribution in [2.75, 3.05) is 0 Å². The van der Waals surface area contributed by atoms with Gasteiger partial charge in [-0.3, -0.25) is 4.79 Å². The monoisotopic (exact) mass is 127 g/mol. The highest BCUT2D eigenvalue weighted by atomic mass is 32.1. The molecule has 0 radical (unpaired) electrons.